The van der Waals surface area contributed by atoms with Crippen molar-refractivity contribution < 1.29 is 4.74 Å². The quantitative estimate of drug-likeness (QED) is 0.802. The Morgan fingerprint density at radius 2 is 2.19 bits per heavy atom. The third-order valence-corrected chi connectivity index (χ3v) is 5.00. The summed E-state index contributed by atoms with van der Waals surface area (Å²) in [6, 6.07) is 0.740. The summed E-state index contributed by atoms with van der Waals surface area (Å²) < 4.78 is 5.94. The van der Waals surface area contributed by atoms with Crippen LogP contribution >= 0.6 is 11.8 Å². The maximum absolute atomic E-state index is 5.94. The Hall–Kier alpha value is 0.270. The highest BCUT2D eigenvalue weighted by molar-refractivity contribution is 7.99. The Kier molecular flexibility index (Phi) is 4.98. The number of hydrogen-bond acceptors (Lipinski definition) is 3. The molecular weight excluding hydrogens is 218 g/mol. The number of thioether (sulfide) groups is 1. The standard InChI is InChI=1S/C13H25NOS/c1-3-6-14-13-9-16-8-11(13)7-12-5-4-10(2)15-12/h10-14H,3-9H2,1-2H3. The van der Waals surface area contributed by atoms with Crippen molar-refractivity contribution in [2.75, 3.05) is 18.1 Å². The molecule has 0 bridgehead atoms. The van der Waals surface area contributed by atoms with Gasteiger partial charge in [0.15, 0.2) is 0 Å². The molecule has 4 atom stereocenters. The average molecular weight is 243 g/mol. The maximum atomic E-state index is 5.94. The van der Waals surface area contributed by atoms with E-state index in [1.807, 2.05) is 0 Å². The molecule has 0 spiro atoms. The zero-order valence-electron chi connectivity index (χ0n) is 10.6. The van der Waals surface area contributed by atoms with Crippen LogP contribution < -0.4 is 5.32 Å². The van der Waals surface area contributed by atoms with Gasteiger partial charge in [0.1, 0.15) is 0 Å². The third kappa shape index (κ3) is 3.38. The summed E-state index contributed by atoms with van der Waals surface area (Å²) in [6.07, 6.45) is 6.11. The van der Waals surface area contributed by atoms with Gasteiger partial charge in [0.25, 0.3) is 0 Å². The van der Waals surface area contributed by atoms with Gasteiger partial charge >= 0.3 is 0 Å². The second-order valence-corrected chi connectivity index (χ2v) is 6.31. The van der Waals surface area contributed by atoms with Crippen molar-refractivity contribution in [3.05, 3.63) is 0 Å². The van der Waals surface area contributed by atoms with E-state index in [0.29, 0.717) is 12.2 Å². The topological polar surface area (TPSA) is 21.3 Å². The first-order valence-corrected chi connectivity index (χ1v) is 7.91. The van der Waals surface area contributed by atoms with Crippen LogP contribution in [0.3, 0.4) is 0 Å². The Morgan fingerprint density at radius 1 is 1.31 bits per heavy atom. The van der Waals surface area contributed by atoms with Crippen LogP contribution in [0.5, 0.6) is 0 Å². The molecule has 0 aliphatic carbocycles. The molecule has 2 nitrogen and oxygen atoms in total. The van der Waals surface area contributed by atoms with Crippen LogP contribution in [0.4, 0.5) is 0 Å². The predicted octanol–water partition coefficient (Wildman–Crippen LogP) is 2.68. The molecule has 16 heavy (non-hydrogen) atoms. The molecule has 2 rings (SSSR count). The Labute approximate surface area is 104 Å². The summed E-state index contributed by atoms with van der Waals surface area (Å²) in [6.45, 7) is 5.62. The molecule has 1 N–H and O–H groups in total. The molecule has 0 aromatic carbocycles. The number of rotatable bonds is 5. The van der Waals surface area contributed by atoms with Gasteiger partial charge in [0.05, 0.1) is 12.2 Å². The van der Waals surface area contributed by atoms with E-state index < -0.39 is 0 Å². The highest BCUT2D eigenvalue weighted by Gasteiger charge is 2.32. The van der Waals surface area contributed by atoms with Crippen LogP contribution in [0, 0.1) is 5.92 Å². The van der Waals surface area contributed by atoms with E-state index in [1.165, 1.54) is 43.7 Å². The fourth-order valence-corrected chi connectivity index (χ4v) is 4.23. The largest absolute Gasteiger partial charge is 0.375 e. The van der Waals surface area contributed by atoms with Gasteiger partial charge < -0.3 is 10.1 Å². The van der Waals surface area contributed by atoms with Gasteiger partial charge in [-0.1, -0.05) is 6.92 Å². The summed E-state index contributed by atoms with van der Waals surface area (Å²) in [7, 11) is 0. The molecule has 2 saturated heterocycles. The normalized spacial score (nSPS) is 39.4. The smallest absolute Gasteiger partial charge is 0.0583 e. The van der Waals surface area contributed by atoms with Gasteiger partial charge in [-0.05, 0) is 50.8 Å². The van der Waals surface area contributed by atoms with Crippen LogP contribution in [0.25, 0.3) is 0 Å². The zero-order valence-corrected chi connectivity index (χ0v) is 11.4. The number of nitrogens with one attached hydrogen (secondary N) is 1. The SMILES string of the molecule is CCCNC1CSCC1CC1CCC(C)O1. The minimum Gasteiger partial charge on any atom is -0.375 e. The van der Waals surface area contributed by atoms with Crippen molar-refractivity contribution in [2.45, 2.75) is 57.8 Å². The minimum atomic E-state index is 0.501. The van der Waals surface area contributed by atoms with Crippen LogP contribution in [-0.4, -0.2) is 36.3 Å². The lowest BCUT2D eigenvalue weighted by molar-refractivity contribution is 0.0406. The molecule has 2 aliphatic rings. The number of hydrogen-bond donors (Lipinski definition) is 1. The molecule has 2 aliphatic heterocycles. The molecule has 94 valence electrons. The molecule has 0 amide bonds. The lowest BCUT2D eigenvalue weighted by atomic mass is 9.95. The van der Waals surface area contributed by atoms with E-state index in [1.54, 1.807) is 0 Å². The molecule has 0 aromatic rings. The molecule has 4 unspecified atom stereocenters. The van der Waals surface area contributed by atoms with Gasteiger partial charge in [-0.3, -0.25) is 0 Å². The minimum absolute atomic E-state index is 0.501. The molecule has 0 aromatic heterocycles. The average Bonchev–Trinajstić information content (AvgIpc) is 2.86. The monoisotopic (exact) mass is 243 g/mol. The van der Waals surface area contributed by atoms with Crippen molar-refractivity contribution in [2.24, 2.45) is 5.92 Å². The zero-order chi connectivity index (χ0) is 11.4. The molecule has 3 heteroatoms. The predicted molar refractivity (Wildman–Crippen MR) is 71.1 cm³/mol. The first-order chi connectivity index (χ1) is 7.79. The lowest BCUT2D eigenvalue weighted by Gasteiger charge is -2.22. The fourth-order valence-electron chi connectivity index (χ4n) is 2.78. The van der Waals surface area contributed by atoms with E-state index in [-0.39, 0.29) is 0 Å². The van der Waals surface area contributed by atoms with E-state index in [4.69, 9.17) is 4.74 Å². The second kappa shape index (κ2) is 6.27. The summed E-state index contributed by atoms with van der Waals surface area (Å²) in [5, 5.41) is 3.69. The van der Waals surface area contributed by atoms with Crippen molar-refractivity contribution in [3.63, 3.8) is 0 Å². The molecule has 2 fully saturated rings. The van der Waals surface area contributed by atoms with E-state index >= 15 is 0 Å². The Morgan fingerprint density at radius 3 is 2.88 bits per heavy atom. The Balaban J connectivity index is 1.74. The van der Waals surface area contributed by atoms with Crippen molar-refractivity contribution in [3.8, 4) is 0 Å². The lowest BCUT2D eigenvalue weighted by Crippen LogP contribution is -2.37. The molecule has 2 heterocycles. The van der Waals surface area contributed by atoms with Gasteiger partial charge in [-0.25, -0.2) is 0 Å². The Bertz CT molecular complexity index is 212. The van der Waals surface area contributed by atoms with E-state index in [9.17, 15) is 0 Å². The molecular formula is C13H25NOS. The van der Waals surface area contributed by atoms with Crippen LogP contribution in [0.15, 0.2) is 0 Å². The highest BCUT2D eigenvalue weighted by atomic mass is 32.2. The van der Waals surface area contributed by atoms with Gasteiger partial charge in [0, 0.05) is 11.8 Å². The first kappa shape index (κ1) is 12.7. The third-order valence-electron chi connectivity index (χ3n) is 3.74. The van der Waals surface area contributed by atoms with Gasteiger partial charge in [-0.2, -0.15) is 11.8 Å². The summed E-state index contributed by atoms with van der Waals surface area (Å²) in [5.74, 6) is 3.47. The van der Waals surface area contributed by atoms with E-state index in [0.717, 1.165) is 12.0 Å². The second-order valence-electron chi connectivity index (χ2n) is 5.24. The summed E-state index contributed by atoms with van der Waals surface area (Å²) in [5.41, 5.74) is 0. The highest BCUT2D eigenvalue weighted by Crippen LogP contribution is 2.32. The van der Waals surface area contributed by atoms with Crippen LogP contribution in [0.1, 0.15) is 39.5 Å². The van der Waals surface area contributed by atoms with Gasteiger partial charge in [-0.15, -0.1) is 0 Å². The van der Waals surface area contributed by atoms with Crippen LogP contribution in [-0.2, 0) is 4.74 Å². The summed E-state index contributed by atoms with van der Waals surface area (Å²) >= 11 is 2.11. The van der Waals surface area contributed by atoms with Crippen LogP contribution in [0.2, 0.25) is 0 Å². The summed E-state index contributed by atoms with van der Waals surface area (Å²) in [4.78, 5) is 0. The molecule has 0 saturated carbocycles. The van der Waals surface area contributed by atoms with E-state index in [2.05, 4.69) is 30.9 Å². The number of ether oxygens (including phenoxy) is 1. The molecule has 0 radical (unpaired) electrons. The maximum Gasteiger partial charge on any atom is 0.0583 e. The van der Waals surface area contributed by atoms with Crippen molar-refractivity contribution in [1.29, 1.82) is 0 Å². The fraction of sp³-hybridized carbons (Fsp3) is 1.00. The first-order valence-electron chi connectivity index (χ1n) is 6.76. The van der Waals surface area contributed by atoms with Gasteiger partial charge in [0.2, 0.25) is 0 Å². The van der Waals surface area contributed by atoms with Crippen molar-refractivity contribution in [1.82, 2.24) is 5.32 Å². The van der Waals surface area contributed by atoms with Crippen molar-refractivity contribution >= 4 is 11.8 Å².